The lowest BCUT2D eigenvalue weighted by Gasteiger charge is -2.19. The van der Waals surface area contributed by atoms with E-state index in [0.29, 0.717) is 12.3 Å². The second-order valence-electron chi connectivity index (χ2n) is 4.63. The topological polar surface area (TPSA) is 121 Å². The average Bonchev–Trinajstić information content (AvgIpc) is 2.84. The van der Waals surface area contributed by atoms with Crippen LogP contribution in [0.2, 0.25) is 0 Å². The van der Waals surface area contributed by atoms with Crippen molar-refractivity contribution < 1.29 is 14.4 Å². The predicted molar refractivity (Wildman–Crippen MR) is 93.3 cm³/mol. The van der Waals surface area contributed by atoms with Crippen molar-refractivity contribution in [3.8, 4) is 0 Å². The molecule has 1 amide bonds. The van der Waals surface area contributed by atoms with E-state index in [1.807, 2.05) is 6.07 Å². The molecule has 0 unspecified atom stereocenters. The molecule has 0 aromatic heterocycles. The third-order valence-electron chi connectivity index (χ3n) is 2.90. The van der Waals surface area contributed by atoms with E-state index >= 15 is 0 Å². The predicted octanol–water partition coefficient (Wildman–Crippen LogP) is 1.36. The van der Waals surface area contributed by atoms with Gasteiger partial charge in [-0.2, -0.15) is 0 Å². The van der Waals surface area contributed by atoms with Gasteiger partial charge < -0.3 is 5.73 Å². The highest BCUT2D eigenvalue weighted by atomic mass is 32.2. The summed E-state index contributed by atoms with van der Waals surface area (Å²) in [5.41, 5.74) is 8.30. The fourth-order valence-corrected chi connectivity index (χ4v) is 2.63. The fraction of sp³-hybridized carbons (Fsp3) is 0.200. The first kappa shape index (κ1) is 17.7. The molecule has 4 N–H and O–H groups in total. The van der Waals surface area contributed by atoms with Crippen LogP contribution < -0.4 is 16.1 Å². The number of nitrogens with two attached hydrogens (primary N) is 1. The Labute approximate surface area is 143 Å². The number of carbonyl (C=O) groups is 2. The Morgan fingerprint density at radius 1 is 1.38 bits per heavy atom. The highest BCUT2D eigenvalue weighted by Crippen LogP contribution is 2.29. The van der Waals surface area contributed by atoms with Crippen LogP contribution >= 0.6 is 11.8 Å². The van der Waals surface area contributed by atoms with Crippen LogP contribution in [0.4, 0.5) is 5.69 Å². The summed E-state index contributed by atoms with van der Waals surface area (Å²) in [5.74, 6) is -0.889. The number of benzene rings is 1. The van der Waals surface area contributed by atoms with Gasteiger partial charge in [0, 0.05) is 12.6 Å². The molecule has 1 aliphatic heterocycles. The number of hydroxylamine groups is 1. The molecule has 0 spiro atoms. The van der Waals surface area contributed by atoms with E-state index in [1.54, 1.807) is 31.2 Å². The van der Waals surface area contributed by atoms with Crippen molar-refractivity contribution in [3.63, 3.8) is 0 Å². The van der Waals surface area contributed by atoms with Gasteiger partial charge in [0.1, 0.15) is 5.70 Å². The van der Waals surface area contributed by atoms with Crippen molar-refractivity contribution in [2.75, 3.05) is 11.5 Å². The van der Waals surface area contributed by atoms with Gasteiger partial charge in [-0.3, -0.25) is 30.2 Å². The van der Waals surface area contributed by atoms with Crippen LogP contribution in [-0.4, -0.2) is 28.6 Å². The van der Waals surface area contributed by atoms with E-state index in [9.17, 15) is 9.59 Å². The molecule has 0 radical (unpaired) electrons. The summed E-state index contributed by atoms with van der Waals surface area (Å²) in [6.45, 7) is 3.42. The lowest BCUT2D eigenvalue weighted by molar-refractivity contribution is -0.116. The minimum atomic E-state index is -0.811. The van der Waals surface area contributed by atoms with E-state index in [4.69, 9.17) is 16.0 Å². The smallest absolute Gasteiger partial charge is 0.269 e. The number of aliphatic imine (C=N–C) groups is 1. The number of thioether (sulfide) groups is 1. The fourth-order valence-electron chi connectivity index (χ4n) is 1.95. The van der Waals surface area contributed by atoms with Crippen molar-refractivity contribution in [3.05, 3.63) is 41.7 Å². The molecule has 8 nitrogen and oxygen atoms in total. The molecule has 2 rings (SSSR count). The molecule has 126 valence electrons. The van der Waals surface area contributed by atoms with Crippen molar-refractivity contribution >= 4 is 39.5 Å². The molecule has 0 aliphatic carbocycles. The molecule has 0 saturated heterocycles. The number of amides is 1. The van der Waals surface area contributed by atoms with E-state index < -0.39 is 5.91 Å². The Morgan fingerprint density at radius 3 is 2.58 bits per heavy atom. The Bertz CT molecular complexity index is 730. The third kappa shape index (κ3) is 3.81. The van der Waals surface area contributed by atoms with Gasteiger partial charge in [-0.05, 0) is 30.8 Å². The number of hydrogen-bond donors (Lipinski definition) is 3. The van der Waals surface area contributed by atoms with E-state index in [1.165, 1.54) is 11.8 Å². The summed E-state index contributed by atoms with van der Waals surface area (Å²) < 4.78 is 0. The zero-order valence-electron chi connectivity index (χ0n) is 13.2. The summed E-state index contributed by atoms with van der Waals surface area (Å²) >= 11 is 0.867. The largest absolute Gasteiger partial charge is 0.364 e. The molecule has 1 aromatic carbocycles. The van der Waals surface area contributed by atoms with Gasteiger partial charge >= 0.3 is 0 Å². The number of primary amides is 1. The number of nitrogens with zero attached hydrogens (tertiary/aromatic N) is 2. The van der Waals surface area contributed by atoms with E-state index in [2.05, 4.69) is 10.5 Å². The van der Waals surface area contributed by atoms with Gasteiger partial charge in [0.15, 0.2) is 21.8 Å². The Balaban J connectivity index is 2.51. The van der Waals surface area contributed by atoms with Crippen molar-refractivity contribution in [2.24, 2.45) is 10.7 Å². The van der Waals surface area contributed by atoms with Gasteiger partial charge in [-0.25, -0.2) is 4.99 Å². The minimum absolute atomic E-state index is 0.0172. The molecule has 0 atom stereocenters. The van der Waals surface area contributed by atoms with Gasteiger partial charge in [0.05, 0.1) is 6.61 Å². The number of para-hydroxylation sites is 1. The summed E-state index contributed by atoms with van der Waals surface area (Å²) in [4.78, 5) is 33.9. The zero-order valence-corrected chi connectivity index (χ0v) is 14.0. The average molecular weight is 347 g/mol. The summed E-state index contributed by atoms with van der Waals surface area (Å²) in [7, 11) is 0. The Morgan fingerprint density at radius 2 is 2.04 bits per heavy atom. The van der Waals surface area contributed by atoms with Gasteiger partial charge in [0.25, 0.3) is 5.91 Å². The lowest BCUT2D eigenvalue weighted by atomic mass is 10.2. The maximum absolute atomic E-state index is 11.7. The van der Waals surface area contributed by atoms with Crippen molar-refractivity contribution in [1.29, 1.82) is 5.41 Å². The first-order valence-corrected chi connectivity index (χ1v) is 7.90. The van der Waals surface area contributed by atoms with E-state index in [-0.39, 0.29) is 27.5 Å². The highest BCUT2D eigenvalue weighted by Gasteiger charge is 2.33. The van der Waals surface area contributed by atoms with E-state index in [0.717, 1.165) is 11.8 Å². The van der Waals surface area contributed by atoms with Crippen molar-refractivity contribution in [1.82, 2.24) is 5.48 Å². The number of carbonyl (C=O) groups excluding carboxylic acids is 2. The number of nitrogens with one attached hydrogen (secondary N) is 2. The summed E-state index contributed by atoms with van der Waals surface area (Å²) in [5, 5.41) is 8.44. The standard InChI is InChI=1S/C15H17N5O3S/c1-3-23-19-12(14(17)22)11-13(16)20(10-7-5-4-6-8-10)15(18-11)24-9(2)21/h4-8,16,19H,3H2,1-2H3,(H2,17,22)/b12-11+,16-13?. The summed E-state index contributed by atoms with van der Waals surface area (Å²) in [6, 6.07) is 8.98. The third-order valence-corrected chi connectivity index (χ3v) is 3.64. The SMILES string of the molecule is CCON/C(C(N)=O)=C1/N=C(SC(C)=O)N(c2ccccc2)C1=N. The first-order valence-electron chi connectivity index (χ1n) is 7.08. The zero-order chi connectivity index (χ0) is 17.7. The van der Waals surface area contributed by atoms with Crippen molar-refractivity contribution in [2.45, 2.75) is 13.8 Å². The van der Waals surface area contributed by atoms with Crippen LogP contribution in [0, 0.1) is 5.41 Å². The molecular weight excluding hydrogens is 330 g/mol. The minimum Gasteiger partial charge on any atom is -0.364 e. The normalized spacial score (nSPS) is 16.0. The van der Waals surface area contributed by atoms with Gasteiger partial charge in [0.2, 0.25) is 0 Å². The molecule has 0 fully saturated rings. The molecule has 0 saturated carbocycles. The van der Waals surface area contributed by atoms with Crippen LogP contribution in [0.5, 0.6) is 0 Å². The number of rotatable bonds is 5. The second-order valence-corrected chi connectivity index (χ2v) is 5.77. The summed E-state index contributed by atoms with van der Waals surface area (Å²) in [6.07, 6.45) is 0. The molecule has 1 aromatic rings. The Kier molecular flexibility index (Phi) is 5.72. The van der Waals surface area contributed by atoms with Crippen LogP contribution in [0.1, 0.15) is 13.8 Å². The van der Waals surface area contributed by atoms with Crippen LogP contribution in [-0.2, 0) is 14.4 Å². The molecular formula is C15H17N5O3S. The van der Waals surface area contributed by atoms with Crippen LogP contribution in [0.15, 0.2) is 46.7 Å². The highest BCUT2D eigenvalue weighted by molar-refractivity contribution is 8.26. The lowest BCUT2D eigenvalue weighted by Crippen LogP contribution is -2.33. The first-order chi connectivity index (χ1) is 11.5. The Hall–Kier alpha value is -2.65. The maximum atomic E-state index is 11.7. The van der Waals surface area contributed by atoms with Gasteiger partial charge in [-0.15, -0.1) is 0 Å². The molecule has 1 aliphatic rings. The molecule has 0 bridgehead atoms. The number of hydrogen-bond acceptors (Lipinski definition) is 7. The molecule has 1 heterocycles. The van der Waals surface area contributed by atoms with Crippen LogP contribution in [0.25, 0.3) is 0 Å². The number of amidine groups is 2. The second kappa shape index (κ2) is 7.75. The molecule has 24 heavy (non-hydrogen) atoms. The van der Waals surface area contributed by atoms with Gasteiger partial charge in [-0.1, -0.05) is 18.2 Å². The number of anilines is 1. The van der Waals surface area contributed by atoms with Crippen LogP contribution in [0.3, 0.4) is 0 Å². The maximum Gasteiger partial charge on any atom is 0.269 e. The monoisotopic (exact) mass is 347 g/mol. The molecule has 9 heteroatoms. The quantitative estimate of drug-likeness (QED) is 0.546.